The molecule has 1 heterocycles. The van der Waals surface area contributed by atoms with Crippen molar-refractivity contribution in [3.05, 3.63) is 56.7 Å². The molecule has 2 aromatic carbocycles. The van der Waals surface area contributed by atoms with Crippen molar-refractivity contribution in [1.82, 2.24) is 0 Å². The fraction of sp³-hybridized carbons (Fsp3) is 0.167. The van der Waals surface area contributed by atoms with E-state index in [-0.39, 0.29) is 31.4 Å². The molecule has 4 rings (SSSR count). The largest absolute Gasteiger partial charge is 0.459 e. The molecule has 0 amide bonds. The molecule has 9 heteroatoms. The first-order chi connectivity index (χ1) is 12.8. The van der Waals surface area contributed by atoms with Gasteiger partial charge in [-0.1, -0.05) is 34.8 Å². The third-order valence-corrected chi connectivity index (χ3v) is 6.72. The smallest absolute Gasteiger partial charge is 0.263 e. The van der Waals surface area contributed by atoms with Crippen molar-refractivity contribution >= 4 is 67.3 Å². The van der Waals surface area contributed by atoms with Gasteiger partial charge in [0, 0.05) is 23.3 Å². The molecule has 3 aromatic rings. The molecule has 1 aliphatic carbocycles. The van der Waals surface area contributed by atoms with Crippen LogP contribution in [-0.2, 0) is 16.4 Å². The number of ketones is 1. The predicted molar refractivity (Wildman–Crippen MR) is 106 cm³/mol. The summed E-state index contributed by atoms with van der Waals surface area (Å²) in [7, 11) is -4.01. The molecular weight excluding hydrogens is 433 g/mol. The molecule has 0 atom stereocenters. The van der Waals surface area contributed by atoms with E-state index in [4.69, 9.17) is 39.2 Å². The predicted octanol–water partition coefficient (Wildman–Crippen LogP) is 5.71. The number of aryl methyl sites for hydroxylation is 1. The monoisotopic (exact) mass is 443 g/mol. The van der Waals surface area contributed by atoms with Gasteiger partial charge in [-0.2, -0.15) is 0 Å². The lowest BCUT2D eigenvalue weighted by Crippen LogP contribution is -2.13. The van der Waals surface area contributed by atoms with Gasteiger partial charge in [0.25, 0.3) is 10.0 Å². The average Bonchev–Trinajstić information content (AvgIpc) is 2.97. The normalized spacial score (nSPS) is 14.4. The number of rotatable bonds is 3. The molecule has 5 nitrogen and oxygen atoms in total. The molecule has 140 valence electrons. The molecule has 0 spiro atoms. The summed E-state index contributed by atoms with van der Waals surface area (Å²) in [4.78, 5) is 12.1. The van der Waals surface area contributed by atoms with Crippen LogP contribution in [0.1, 0.15) is 29.0 Å². The number of hydrogen-bond acceptors (Lipinski definition) is 4. The highest BCUT2D eigenvalue weighted by Crippen LogP contribution is 2.38. The van der Waals surface area contributed by atoms with Gasteiger partial charge in [0.1, 0.15) is 10.7 Å². The second kappa shape index (κ2) is 6.71. The van der Waals surface area contributed by atoms with E-state index in [0.29, 0.717) is 35.1 Å². The lowest BCUT2D eigenvalue weighted by atomic mass is 9.94. The fourth-order valence-electron chi connectivity index (χ4n) is 3.18. The minimum absolute atomic E-state index is 0.0370. The van der Waals surface area contributed by atoms with Crippen LogP contribution in [0, 0.1) is 0 Å². The first-order valence-electron chi connectivity index (χ1n) is 8.02. The van der Waals surface area contributed by atoms with E-state index in [9.17, 15) is 13.2 Å². The van der Waals surface area contributed by atoms with Crippen molar-refractivity contribution in [2.45, 2.75) is 24.2 Å². The summed E-state index contributed by atoms with van der Waals surface area (Å²) in [6.45, 7) is 0. The molecule has 1 aliphatic rings. The first kappa shape index (κ1) is 18.6. The Morgan fingerprint density at radius 1 is 1.00 bits per heavy atom. The van der Waals surface area contributed by atoms with Gasteiger partial charge in [-0.05, 0) is 36.8 Å². The third kappa shape index (κ3) is 3.31. The van der Waals surface area contributed by atoms with Crippen LogP contribution >= 0.6 is 34.8 Å². The molecule has 27 heavy (non-hydrogen) atoms. The van der Waals surface area contributed by atoms with Gasteiger partial charge < -0.3 is 4.42 Å². The number of halogens is 3. The molecule has 0 fully saturated rings. The molecule has 0 bridgehead atoms. The van der Waals surface area contributed by atoms with Crippen LogP contribution in [0.25, 0.3) is 11.0 Å². The maximum Gasteiger partial charge on any atom is 0.263 e. The zero-order valence-electron chi connectivity index (χ0n) is 13.7. The van der Waals surface area contributed by atoms with Gasteiger partial charge in [0.05, 0.1) is 21.3 Å². The number of carbonyl (C=O) groups is 1. The van der Waals surface area contributed by atoms with E-state index in [1.54, 1.807) is 6.07 Å². The minimum Gasteiger partial charge on any atom is -0.459 e. The number of nitrogens with one attached hydrogen (secondary N) is 1. The van der Waals surface area contributed by atoms with Crippen molar-refractivity contribution in [3.8, 4) is 0 Å². The third-order valence-electron chi connectivity index (χ3n) is 4.34. The van der Waals surface area contributed by atoms with Gasteiger partial charge in [-0.3, -0.25) is 9.52 Å². The SMILES string of the molecule is O=C1CCCc2oc3c(Cl)cc(NS(=O)(=O)c4cc(Cl)ccc4Cl)cc3c21. The molecule has 0 radical (unpaired) electrons. The van der Waals surface area contributed by atoms with Gasteiger partial charge >= 0.3 is 0 Å². The fourth-order valence-corrected chi connectivity index (χ4v) is 5.24. The zero-order chi connectivity index (χ0) is 19.3. The highest BCUT2D eigenvalue weighted by Gasteiger charge is 2.27. The molecule has 0 saturated carbocycles. The maximum atomic E-state index is 12.7. The topological polar surface area (TPSA) is 76.4 Å². The number of benzene rings is 2. The summed E-state index contributed by atoms with van der Waals surface area (Å²) in [5.41, 5.74) is 1.05. The van der Waals surface area contributed by atoms with Gasteiger partial charge in [0.2, 0.25) is 0 Å². The maximum absolute atomic E-state index is 12.7. The Morgan fingerprint density at radius 2 is 1.78 bits per heavy atom. The van der Waals surface area contributed by atoms with E-state index in [0.717, 1.165) is 6.42 Å². The lowest BCUT2D eigenvalue weighted by Gasteiger charge is -2.11. The van der Waals surface area contributed by atoms with E-state index < -0.39 is 10.0 Å². The average molecular weight is 445 g/mol. The minimum atomic E-state index is -4.01. The summed E-state index contributed by atoms with van der Waals surface area (Å²) in [6.07, 6.45) is 1.79. The number of Topliss-reactive ketones (excluding diaryl/α,β-unsaturated/α-hetero) is 1. The van der Waals surface area contributed by atoms with E-state index in [1.807, 2.05) is 0 Å². The first-order valence-corrected chi connectivity index (χ1v) is 10.6. The van der Waals surface area contributed by atoms with Crippen molar-refractivity contribution in [2.24, 2.45) is 0 Å². The lowest BCUT2D eigenvalue weighted by molar-refractivity contribution is 0.0971. The molecule has 1 aromatic heterocycles. The number of furan rings is 1. The second-order valence-electron chi connectivity index (χ2n) is 6.19. The van der Waals surface area contributed by atoms with Crippen LogP contribution in [0.3, 0.4) is 0 Å². The molecule has 1 N–H and O–H groups in total. The number of anilines is 1. The van der Waals surface area contributed by atoms with Crippen LogP contribution in [0.15, 0.2) is 39.6 Å². The second-order valence-corrected chi connectivity index (χ2v) is 9.09. The number of sulfonamides is 1. The zero-order valence-corrected chi connectivity index (χ0v) is 16.8. The Hall–Kier alpha value is -1.73. The van der Waals surface area contributed by atoms with Gasteiger partial charge in [-0.15, -0.1) is 0 Å². The summed E-state index contributed by atoms with van der Waals surface area (Å²) >= 11 is 18.2. The van der Waals surface area contributed by atoms with Crippen LogP contribution in [0.5, 0.6) is 0 Å². The molecular formula is C18H12Cl3NO4S. The Kier molecular flexibility index (Phi) is 4.63. The highest BCUT2D eigenvalue weighted by molar-refractivity contribution is 7.92. The van der Waals surface area contributed by atoms with Gasteiger partial charge in [0.15, 0.2) is 11.4 Å². The van der Waals surface area contributed by atoms with Crippen LogP contribution in [0.4, 0.5) is 5.69 Å². The summed E-state index contributed by atoms with van der Waals surface area (Å²) in [5, 5.41) is 0.986. The molecule has 0 saturated heterocycles. The van der Waals surface area contributed by atoms with Crippen molar-refractivity contribution in [3.63, 3.8) is 0 Å². The van der Waals surface area contributed by atoms with Crippen molar-refractivity contribution in [1.29, 1.82) is 0 Å². The number of carbonyl (C=O) groups excluding carboxylic acids is 1. The number of hydrogen-bond donors (Lipinski definition) is 1. The van der Waals surface area contributed by atoms with Crippen molar-refractivity contribution in [2.75, 3.05) is 4.72 Å². The Bertz CT molecular complexity index is 1200. The molecule has 0 aliphatic heterocycles. The van der Waals surface area contributed by atoms with Gasteiger partial charge in [-0.25, -0.2) is 8.42 Å². The van der Waals surface area contributed by atoms with E-state index >= 15 is 0 Å². The summed E-state index contributed by atoms with van der Waals surface area (Å²) in [6, 6.07) is 7.13. The Morgan fingerprint density at radius 3 is 2.56 bits per heavy atom. The summed E-state index contributed by atoms with van der Waals surface area (Å²) in [5.74, 6) is 0.546. The van der Waals surface area contributed by atoms with Crippen LogP contribution in [-0.4, -0.2) is 14.2 Å². The standard InChI is InChI=1S/C18H12Cl3NO4S/c19-9-4-5-12(20)16(6-9)27(24,25)22-10-7-11-17-14(23)2-1-3-15(17)26-18(11)13(21)8-10/h4-8,22H,1-3H2. The van der Waals surface area contributed by atoms with Crippen LogP contribution in [0.2, 0.25) is 15.1 Å². The Balaban J connectivity index is 1.82. The van der Waals surface area contributed by atoms with Crippen LogP contribution < -0.4 is 4.72 Å². The van der Waals surface area contributed by atoms with E-state index in [1.165, 1.54) is 24.3 Å². The number of fused-ring (bicyclic) bond motifs is 3. The molecule has 0 unspecified atom stereocenters. The Labute approximate surface area is 170 Å². The summed E-state index contributed by atoms with van der Waals surface area (Å²) < 4.78 is 33.6. The van der Waals surface area contributed by atoms with Crippen molar-refractivity contribution < 1.29 is 17.6 Å². The van der Waals surface area contributed by atoms with E-state index in [2.05, 4.69) is 4.72 Å². The highest BCUT2D eigenvalue weighted by atomic mass is 35.5. The quantitative estimate of drug-likeness (QED) is 0.561.